The number of aromatic nitrogens is 1. The van der Waals surface area contributed by atoms with Crippen LogP contribution in [0.3, 0.4) is 0 Å². The van der Waals surface area contributed by atoms with E-state index in [2.05, 4.69) is 28.9 Å². The molecule has 0 aliphatic carbocycles. The Morgan fingerprint density at radius 1 is 1.04 bits per heavy atom. The van der Waals surface area contributed by atoms with Crippen molar-refractivity contribution in [3.63, 3.8) is 0 Å². The van der Waals surface area contributed by atoms with E-state index in [-0.39, 0.29) is 11.9 Å². The number of ether oxygens (including phenoxy) is 2. The maximum absolute atomic E-state index is 12.8. The number of rotatable bonds is 7. The summed E-state index contributed by atoms with van der Waals surface area (Å²) in [5.74, 6) is 1.16. The van der Waals surface area contributed by atoms with Gasteiger partial charge in [-0.1, -0.05) is 24.3 Å². The summed E-state index contributed by atoms with van der Waals surface area (Å²) in [6.07, 6.45) is 4.28. The van der Waals surface area contributed by atoms with Crippen molar-refractivity contribution in [2.75, 3.05) is 19.5 Å². The summed E-state index contributed by atoms with van der Waals surface area (Å²) in [4.78, 5) is 12.8. The van der Waals surface area contributed by atoms with Gasteiger partial charge in [0.2, 0.25) is 5.91 Å². The van der Waals surface area contributed by atoms with Crippen LogP contribution in [-0.2, 0) is 4.79 Å². The van der Waals surface area contributed by atoms with E-state index in [1.54, 1.807) is 32.4 Å². The van der Waals surface area contributed by atoms with Gasteiger partial charge in [-0.15, -0.1) is 0 Å². The first-order valence-electron chi connectivity index (χ1n) is 8.82. The molecule has 0 saturated heterocycles. The van der Waals surface area contributed by atoms with Gasteiger partial charge in [0.25, 0.3) is 0 Å². The van der Waals surface area contributed by atoms with E-state index >= 15 is 0 Å². The Hall–Kier alpha value is -3.21. The van der Waals surface area contributed by atoms with Gasteiger partial charge in [-0.05, 0) is 42.3 Å². The van der Waals surface area contributed by atoms with E-state index in [0.29, 0.717) is 23.6 Å². The third kappa shape index (κ3) is 4.31. The molecule has 0 bridgehead atoms. The predicted molar refractivity (Wildman–Crippen MR) is 107 cm³/mol. The van der Waals surface area contributed by atoms with Crippen LogP contribution < -0.4 is 14.8 Å². The minimum absolute atomic E-state index is 0.0783. The molecule has 5 nitrogen and oxygen atoms in total. The predicted octanol–water partition coefficient (Wildman–Crippen LogP) is 4.43. The molecule has 0 aliphatic heterocycles. The largest absolute Gasteiger partial charge is 0.497 e. The third-order valence-corrected chi connectivity index (χ3v) is 4.60. The molecule has 0 aliphatic rings. The Bertz CT molecular complexity index is 904. The van der Waals surface area contributed by atoms with Crippen molar-refractivity contribution in [3.8, 4) is 11.5 Å². The summed E-state index contributed by atoms with van der Waals surface area (Å²) in [5.41, 5.74) is 2.91. The Morgan fingerprint density at radius 2 is 1.78 bits per heavy atom. The quantitative estimate of drug-likeness (QED) is 0.675. The molecule has 0 spiro atoms. The van der Waals surface area contributed by atoms with Gasteiger partial charge in [-0.25, -0.2) is 0 Å². The molecule has 2 aromatic carbocycles. The van der Waals surface area contributed by atoms with Crippen LogP contribution in [0.4, 0.5) is 5.69 Å². The van der Waals surface area contributed by atoms with Crippen LogP contribution in [0.25, 0.3) is 0 Å². The molecule has 0 fully saturated rings. The average molecular weight is 364 g/mol. The zero-order valence-electron chi connectivity index (χ0n) is 15.8. The van der Waals surface area contributed by atoms with Crippen LogP contribution in [0, 0.1) is 6.92 Å². The number of hydrogen-bond acceptors (Lipinski definition) is 3. The molecule has 140 valence electrons. The average Bonchev–Trinajstić information content (AvgIpc) is 3.21. The Labute approximate surface area is 159 Å². The number of carbonyl (C=O) groups excluding carboxylic acids is 1. The maximum Gasteiger partial charge on any atom is 0.226 e. The smallest absolute Gasteiger partial charge is 0.226 e. The zero-order chi connectivity index (χ0) is 19.2. The number of anilines is 1. The SMILES string of the molecule is COc1ccc(NC(=O)CC(c2ccccc2C)n2cccc2)c(OC)c1. The molecule has 1 amide bonds. The van der Waals surface area contributed by atoms with E-state index in [1.165, 1.54) is 0 Å². The fourth-order valence-electron chi connectivity index (χ4n) is 3.17. The fourth-order valence-corrected chi connectivity index (χ4v) is 3.17. The highest BCUT2D eigenvalue weighted by Crippen LogP contribution is 2.30. The minimum atomic E-state index is -0.0829. The number of nitrogens with one attached hydrogen (secondary N) is 1. The van der Waals surface area contributed by atoms with Crippen molar-refractivity contribution in [3.05, 3.63) is 78.1 Å². The van der Waals surface area contributed by atoms with Gasteiger partial charge in [0.15, 0.2) is 0 Å². The molecule has 1 aromatic heterocycles. The number of carbonyl (C=O) groups is 1. The Morgan fingerprint density at radius 3 is 2.44 bits per heavy atom. The topological polar surface area (TPSA) is 52.5 Å². The van der Waals surface area contributed by atoms with Gasteiger partial charge >= 0.3 is 0 Å². The lowest BCUT2D eigenvalue weighted by Gasteiger charge is -2.21. The lowest BCUT2D eigenvalue weighted by atomic mass is 9.98. The van der Waals surface area contributed by atoms with Crippen LogP contribution in [-0.4, -0.2) is 24.7 Å². The van der Waals surface area contributed by atoms with Gasteiger partial charge < -0.3 is 19.4 Å². The van der Waals surface area contributed by atoms with Crippen LogP contribution >= 0.6 is 0 Å². The van der Waals surface area contributed by atoms with E-state index < -0.39 is 0 Å². The molecule has 5 heteroatoms. The molecule has 1 atom stereocenters. The van der Waals surface area contributed by atoms with Crippen molar-refractivity contribution < 1.29 is 14.3 Å². The summed E-state index contributed by atoms with van der Waals surface area (Å²) in [5, 5.41) is 2.96. The maximum atomic E-state index is 12.8. The molecule has 0 saturated carbocycles. The van der Waals surface area contributed by atoms with Crippen LogP contribution in [0.5, 0.6) is 11.5 Å². The van der Waals surface area contributed by atoms with E-state index in [1.807, 2.05) is 36.7 Å². The van der Waals surface area contributed by atoms with Gasteiger partial charge in [-0.3, -0.25) is 4.79 Å². The van der Waals surface area contributed by atoms with Crippen molar-refractivity contribution in [2.45, 2.75) is 19.4 Å². The second-order valence-electron chi connectivity index (χ2n) is 6.32. The number of benzene rings is 2. The standard InChI is InChI=1S/C22H24N2O3/c1-16-8-4-5-9-18(16)20(24-12-6-7-13-24)15-22(25)23-19-11-10-17(26-2)14-21(19)27-3/h4-14,20H,15H2,1-3H3,(H,23,25). The zero-order valence-corrected chi connectivity index (χ0v) is 15.8. The first kappa shape index (κ1) is 18.6. The number of aryl methyl sites for hydroxylation is 1. The number of methoxy groups -OCH3 is 2. The molecule has 27 heavy (non-hydrogen) atoms. The highest BCUT2D eigenvalue weighted by atomic mass is 16.5. The summed E-state index contributed by atoms with van der Waals surface area (Å²) in [6, 6.07) is 17.3. The number of amides is 1. The lowest BCUT2D eigenvalue weighted by molar-refractivity contribution is -0.116. The Kier molecular flexibility index (Phi) is 5.81. The molecule has 1 N–H and O–H groups in total. The number of nitrogens with zero attached hydrogens (tertiary/aromatic N) is 1. The van der Waals surface area contributed by atoms with Crippen LogP contribution in [0.15, 0.2) is 67.0 Å². The minimum Gasteiger partial charge on any atom is -0.497 e. The third-order valence-electron chi connectivity index (χ3n) is 4.60. The summed E-state index contributed by atoms with van der Waals surface area (Å²) in [6.45, 7) is 2.07. The fraction of sp³-hybridized carbons (Fsp3) is 0.227. The molecule has 3 rings (SSSR count). The van der Waals surface area contributed by atoms with Crippen molar-refractivity contribution in [1.82, 2.24) is 4.57 Å². The van der Waals surface area contributed by atoms with E-state index in [9.17, 15) is 4.79 Å². The van der Waals surface area contributed by atoms with Crippen molar-refractivity contribution in [1.29, 1.82) is 0 Å². The van der Waals surface area contributed by atoms with Gasteiger partial charge in [0.05, 0.1) is 32.4 Å². The van der Waals surface area contributed by atoms with Crippen LogP contribution in [0.1, 0.15) is 23.6 Å². The summed E-state index contributed by atoms with van der Waals surface area (Å²) in [7, 11) is 3.16. The highest BCUT2D eigenvalue weighted by molar-refractivity contribution is 5.93. The molecule has 1 unspecified atom stereocenters. The van der Waals surface area contributed by atoms with E-state index in [4.69, 9.17) is 9.47 Å². The van der Waals surface area contributed by atoms with Gasteiger partial charge in [-0.2, -0.15) is 0 Å². The Balaban J connectivity index is 1.83. The number of hydrogen-bond donors (Lipinski definition) is 1. The second kappa shape index (κ2) is 8.45. The monoisotopic (exact) mass is 364 g/mol. The summed E-state index contributed by atoms with van der Waals surface area (Å²) < 4.78 is 12.6. The van der Waals surface area contributed by atoms with Gasteiger partial charge in [0.1, 0.15) is 11.5 Å². The van der Waals surface area contributed by atoms with Crippen molar-refractivity contribution in [2.24, 2.45) is 0 Å². The van der Waals surface area contributed by atoms with Crippen LogP contribution in [0.2, 0.25) is 0 Å². The first-order valence-corrected chi connectivity index (χ1v) is 8.82. The molecule has 3 aromatic rings. The highest BCUT2D eigenvalue weighted by Gasteiger charge is 2.20. The summed E-state index contributed by atoms with van der Waals surface area (Å²) >= 11 is 0. The molecule has 0 radical (unpaired) electrons. The van der Waals surface area contributed by atoms with E-state index in [0.717, 1.165) is 11.1 Å². The molecule has 1 heterocycles. The first-order chi connectivity index (χ1) is 13.1. The van der Waals surface area contributed by atoms with Crippen molar-refractivity contribution >= 4 is 11.6 Å². The lowest BCUT2D eigenvalue weighted by Crippen LogP contribution is -2.20. The second-order valence-corrected chi connectivity index (χ2v) is 6.32. The van der Waals surface area contributed by atoms with Gasteiger partial charge in [0, 0.05) is 18.5 Å². The molecular weight excluding hydrogens is 340 g/mol. The normalized spacial score (nSPS) is 11.7. The molecular formula is C22H24N2O3.